The lowest BCUT2D eigenvalue weighted by Gasteiger charge is -2.26. The van der Waals surface area contributed by atoms with Crippen LogP contribution >= 0.6 is 11.3 Å². The highest BCUT2D eigenvalue weighted by Gasteiger charge is 2.32. The van der Waals surface area contributed by atoms with E-state index in [1.54, 1.807) is 11.3 Å². The molecule has 1 amide bonds. The van der Waals surface area contributed by atoms with Gasteiger partial charge in [0.2, 0.25) is 15.9 Å². The van der Waals surface area contributed by atoms with E-state index in [0.29, 0.717) is 6.42 Å². The van der Waals surface area contributed by atoms with E-state index in [1.165, 1.54) is 0 Å². The Bertz CT molecular complexity index is 856. The number of thiazole rings is 1. The molecule has 0 fully saturated rings. The molecule has 1 aliphatic rings. The molecule has 134 valence electrons. The predicted octanol–water partition coefficient (Wildman–Crippen LogP) is 2.01. The number of nitrogens with zero attached hydrogens (tertiary/aromatic N) is 1. The topological polar surface area (TPSA) is 88.2 Å². The van der Waals surface area contributed by atoms with Crippen molar-refractivity contribution in [2.24, 2.45) is 5.92 Å². The fourth-order valence-electron chi connectivity index (χ4n) is 2.98. The molecule has 25 heavy (non-hydrogen) atoms. The SMILES string of the molecule is CS(=O)(=O)NCCNC(=O)[C@@H]1CC=CC[C@@H]1c1nc2ccccc2s1. The number of rotatable bonds is 6. The Morgan fingerprint density at radius 2 is 2.00 bits per heavy atom. The molecule has 0 saturated carbocycles. The van der Waals surface area contributed by atoms with Crippen LogP contribution in [0.1, 0.15) is 23.8 Å². The minimum absolute atomic E-state index is 0.0519. The largest absolute Gasteiger partial charge is 0.355 e. The quantitative estimate of drug-likeness (QED) is 0.594. The Morgan fingerprint density at radius 3 is 2.76 bits per heavy atom. The van der Waals surface area contributed by atoms with Crippen molar-refractivity contribution in [3.8, 4) is 0 Å². The zero-order chi connectivity index (χ0) is 17.9. The number of carbonyl (C=O) groups excluding carboxylic acids is 1. The van der Waals surface area contributed by atoms with Crippen LogP contribution in [0.25, 0.3) is 10.2 Å². The van der Waals surface area contributed by atoms with Crippen LogP contribution in [0.15, 0.2) is 36.4 Å². The Balaban J connectivity index is 1.68. The van der Waals surface area contributed by atoms with Crippen molar-refractivity contribution < 1.29 is 13.2 Å². The number of amides is 1. The van der Waals surface area contributed by atoms with Gasteiger partial charge in [0.05, 0.1) is 27.4 Å². The normalized spacial score (nSPS) is 20.7. The van der Waals surface area contributed by atoms with Gasteiger partial charge in [-0.15, -0.1) is 11.3 Å². The number of hydrogen-bond acceptors (Lipinski definition) is 5. The van der Waals surface area contributed by atoms with Crippen molar-refractivity contribution in [2.75, 3.05) is 19.3 Å². The summed E-state index contributed by atoms with van der Waals surface area (Å²) < 4.78 is 25.6. The first-order valence-electron chi connectivity index (χ1n) is 8.17. The van der Waals surface area contributed by atoms with Gasteiger partial charge in [0.1, 0.15) is 0 Å². The second-order valence-electron chi connectivity index (χ2n) is 6.13. The van der Waals surface area contributed by atoms with Gasteiger partial charge in [-0.3, -0.25) is 4.79 Å². The Morgan fingerprint density at radius 1 is 1.24 bits per heavy atom. The molecule has 1 aromatic heterocycles. The molecule has 6 nitrogen and oxygen atoms in total. The van der Waals surface area contributed by atoms with E-state index in [-0.39, 0.29) is 30.8 Å². The van der Waals surface area contributed by atoms with E-state index in [1.807, 2.05) is 30.3 Å². The van der Waals surface area contributed by atoms with Crippen molar-refractivity contribution in [1.82, 2.24) is 15.0 Å². The van der Waals surface area contributed by atoms with Crippen LogP contribution in [0.5, 0.6) is 0 Å². The van der Waals surface area contributed by atoms with Gasteiger partial charge in [0.15, 0.2) is 0 Å². The van der Waals surface area contributed by atoms with Crippen LogP contribution in [0.3, 0.4) is 0 Å². The van der Waals surface area contributed by atoms with E-state index in [9.17, 15) is 13.2 Å². The maximum absolute atomic E-state index is 12.6. The number of hydrogen-bond donors (Lipinski definition) is 2. The van der Waals surface area contributed by atoms with Gasteiger partial charge in [-0.1, -0.05) is 24.3 Å². The standard InChI is InChI=1S/C17H21N3O3S2/c1-25(22,23)19-11-10-18-16(21)12-6-2-3-7-13(12)17-20-14-8-4-5-9-15(14)24-17/h2-5,8-9,12-13,19H,6-7,10-11H2,1H3,(H,18,21)/t12-,13+/m1/s1. The molecule has 0 saturated heterocycles. The molecule has 8 heteroatoms. The predicted molar refractivity (Wildman–Crippen MR) is 100 cm³/mol. The molecule has 2 aromatic rings. The van der Waals surface area contributed by atoms with Crippen molar-refractivity contribution >= 4 is 37.5 Å². The second-order valence-corrected chi connectivity index (χ2v) is 9.03. The molecule has 3 rings (SSSR count). The van der Waals surface area contributed by atoms with E-state index >= 15 is 0 Å². The highest BCUT2D eigenvalue weighted by molar-refractivity contribution is 7.88. The minimum Gasteiger partial charge on any atom is -0.355 e. The number of allylic oxidation sites excluding steroid dienone is 2. The van der Waals surface area contributed by atoms with E-state index in [0.717, 1.165) is 27.9 Å². The summed E-state index contributed by atoms with van der Waals surface area (Å²) in [6.07, 6.45) is 6.70. The fraction of sp³-hybridized carbons (Fsp3) is 0.412. The number of sulfonamides is 1. The third-order valence-corrected chi connectivity index (χ3v) is 6.08. The maximum Gasteiger partial charge on any atom is 0.224 e. The van der Waals surface area contributed by atoms with Gasteiger partial charge in [0.25, 0.3) is 0 Å². The molecule has 1 aromatic carbocycles. The summed E-state index contributed by atoms with van der Waals surface area (Å²) in [6.45, 7) is 0.470. The molecule has 0 bridgehead atoms. The number of nitrogens with one attached hydrogen (secondary N) is 2. The van der Waals surface area contributed by atoms with Gasteiger partial charge in [-0.05, 0) is 25.0 Å². The summed E-state index contributed by atoms with van der Waals surface area (Å²) in [7, 11) is -3.24. The molecule has 0 spiro atoms. The van der Waals surface area contributed by atoms with Crippen molar-refractivity contribution in [3.63, 3.8) is 0 Å². The second kappa shape index (κ2) is 7.63. The molecule has 0 unspecified atom stereocenters. The summed E-state index contributed by atoms with van der Waals surface area (Å²) in [5.41, 5.74) is 0.966. The molecule has 2 atom stereocenters. The highest BCUT2D eigenvalue weighted by atomic mass is 32.2. The summed E-state index contributed by atoms with van der Waals surface area (Å²) in [4.78, 5) is 17.3. The molecular weight excluding hydrogens is 358 g/mol. The summed E-state index contributed by atoms with van der Waals surface area (Å²) in [5, 5.41) is 3.82. The number of carbonyl (C=O) groups is 1. The number of benzene rings is 1. The third kappa shape index (κ3) is 4.65. The van der Waals surface area contributed by atoms with Gasteiger partial charge in [0, 0.05) is 19.0 Å². The molecule has 1 heterocycles. The number of fused-ring (bicyclic) bond motifs is 1. The van der Waals surface area contributed by atoms with Gasteiger partial charge >= 0.3 is 0 Å². The van der Waals surface area contributed by atoms with Crippen molar-refractivity contribution in [1.29, 1.82) is 0 Å². The van der Waals surface area contributed by atoms with Crippen LogP contribution in [0.4, 0.5) is 0 Å². The van der Waals surface area contributed by atoms with Gasteiger partial charge in [-0.2, -0.15) is 0 Å². The molecule has 0 radical (unpaired) electrons. The van der Waals surface area contributed by atoms with Crippen molar-refractivity contribution in [3.05, 3.63) is 41.4 Å². The lowest BCUT2D eigenvalue weighted by molar-refractivity contribution is -0.125. The Kier molecular flexibility index (Phi) is 5.51. The van der Waals surface area contributed by atoms with Crippen LogP contribution in [0.2, 0.25) is 0 Å². The van der Waals surface area contributed by atoms with Crippen molar-refractivity contribution in [2.45, 2.75) is 18.8 Å². The van der Waals surface area contributed by atoms with E-state index in [4.69, 9.17) is 4.98 Å². The zero-order valence-corrected chi connectivity index (χ0v) is 15.6. The van der Waals surface area contributed by atoms with E-state index in [2.05, 4.69) is 16.1 Å². The van der Waals surface area contributed by atoms with E-state index < -0.39 is 10.0 Å². The number of para-hydroxylation sites is 1. The Hall–Kier alpha value is -1.77. The molecular formula is C17H21N3O3S2. The summed E-state index contributed by atoms with van der Waals surface area (Å²) in [5.74, 6) is -0.169. The average molecular weight is 380 g/mol. The third-order valence-electron chi connectivity index (χ3n) is 4.19. The summed E-state index contributed by atoms with van der Waals surface area (Å²) >= 11 is 1.64. The van der Waals surface area contributed by atoms with Crippen LogP contribution in [0, 0.1) is 5.92 Å². The molecule has 0 aliphatic heterocycles. The summed E-state index contributed by atoms with van der Waals surface area (Å²) in [6, 6.07) is 7.98. The Labute approximate surface area is 151 Å². The van der Waals surface area contributed by atoms with Crippen LogP contribution in [-0.2, 0) is 14.8 Å². The fourth-order valence-corrected chi connectivity index (χ4v) is 4.60. The van der Waals surface area contributed by atoms with Crippen LogP contribution < -0.4 is 10.0 Å². The number of aromatic nitrogens is 1. The smallest absolute Gasteiger partial charge is 0.224 e. The van der Waals surface area contributed by atoms with Gasteiger partial charge < -0.3 is 5.32 Å². The lowest BCUT2D eigenvalue weighted by Crippen LogP contribution is -2.39. The minimum atomic E-state index is -3.24. The van der Waals surface area contributed by atoms with Gasteiger partial charge in [-0.25, -0.2) is 18.1 Å². The average Bonchev–Trinajstić information content (AvgIpc) is 3.01. The molecule has 2 N–H and O–H groups in total. The zero-order valence-electron chi connectivity index (χ0n) is 13.9. The van der Waals surface area contributed by atoms with Crippen LogP contribution in [-0.4, -0.2) is 38.7 Å². The first-order valence-corrected chi connectivity index (χ1v) is 10.9. The highest BCUT2D eigenvalue weighted by Crippen LogP contribution is 2.38. The monoisotopic (exact) mass is 379 g/mol. The lowest BCUT2D eigenvalue weighted by atomic mass is 9.82. The molecule has 1 aliphatic carbocycles. The first kappa shape index (κ1) is 18.0. The first-order chi connectivity index (χ1) is 11.9. The maximum atomic E-state index is 12.6.